The molecule has 6 rings (SSSR count). The van der Waals surface area contributed by atoms with E-state index in [4.69, 9.17) is 10.7 Å². The fourth-order valence-electron chi connectivity index (χ4n) is 6.15. The minimum absolute atomic E-state index is 0.000316. The molecule has 0 spiro atoms. The molecule has 186 valence electrons. The van der Waals surface area contributed by atoms with Gasteiger partial charge in [0.2, 0.25) is 0 Å². The maximum absolute atomic E-state index is 12.8. The van der Waals surface area contributed by atoms with Crippen LogP contribution in [0.15, 0.2) is 48.9 Å². The molecule has 3 heterocycles. The zero-order valence-corrected chi connectivity index (χ0v) is 21.5. The number of carbonyl (C=O) groups is 1. The quantitative estimate of drug-likeness (QED) is 0.406. The smallest absolute Gasteiger partial charge is 0.252 e. The van der Waals surface area contributed by atoms with Crippen LogP contribution in [-0.4, -0.2) is 37.7 Å². The van der Waals surface area contributed by atoms with Crippen LogP contribution in [0.25, 0.3) is 32.9 Å². The zero-order chi connectivity index (χ0) is 25.2. The van der Waals surface area contributed by atoms with Crippen LogP contribution in [0.3, 0.4) is 0 Å². The van der Waals surface area contributed by atoms with Crippen molar-refractivity contribution >= 4 is 33.5 Å². The fraction of sp³-hybridized carbons (Fsp3) is 0.414. The van der Waals surface area contributed by atoms with Gasteiger partial charge in [-0.05, 0) is 88.3 Å². The van der Waals surface area contributed by atoms with E-state index in [0.717, 1.165) is 58.6 Å². The number of hydrogen-bond donors (Lipinski definition) is 2. The Bertz CT molecular complexity index is 1480. The van der Waals surface area contributed by atoms with Gasteiger partial charge in [0.25, 0.3) is 5.91 Å². The van der Waals surface area contributed by atoms with Gasteiger partial charge < -0.3 is 16.1 Å². The third-order valence-corrected chi connectivity index (χ3v) is 7.88. The number of piperidine rings is 1. The highest BCUT2D eigenvalue weighted by molar-refractivity contribution is 6.09. The third-order valence-electron chi connectivity index (χ3n) is 7.88. The Kier molecular flexibility index (Phi) is 5.04. The molecule has 36 heavy (non-hydrogen) atoms. The average Bonchev–Trinajstić information content (AvgIpc) is 3.56. The monoisotopic (exact) mass is 482 g/mol. The van der Waals surface area contributed by atoms with Gasteiger partial charge in [-0.15, -0.1) is 0 Å². The maximum Gasteiger partial charge on any atom is 0.252 e. The van der Waals surface area contributed by atoms with Gasteiger partial charge in [-0.1, -0.05) is 24.3 Å². The van der Waals surface area contributed by atoms with Gasteiger partial charge in [-0.3, -0.25) is 4.79 Å². The van der Waals surface area contributed by atoms with Crippen molar-refractivity contribution in [2.24, 2.45) is 0 Å². The molecule has 3 N–H and O–H groups in total. The second-order valence-corrected chi connectivity index (χ2v) is 11.6. The number of fused-ring (bicyclic) bond motifs is 2. The summed E-state index contributed by atoms with van der Waals surface area (Å²) in [5.74, 6) is 0.471. The van der Waals surface area contributed by atoms with Crippen molar-refractivity contribution in [3.63, 3.8) is 0 Å². The lowest BCUT2D eigenvalue weighted by atomic mass is 9.81. The van der Waals surface area contributed by atoms with Crippen molar-refractivity contribution in [2.75, 3.05) is 10.7 Å². The van der Waals surface area contributed by atoms with Crippen LogP contribution in [0.1, 0.15) is 70.2 Å². The molecule has 2 aromatic heterocycles. The largest absolute Gasteiger partial charge is 0.383 e. The van der Waals surface area contributed by atoms with Crippen molar-refractivity contribution in [1.82, 2.24) is 20.0 Å². The highest BCUT2D eigenvalue weighted by Gasteiger charge is 2.42. The van der Waals surface area contributed by atoms with E-state index < -0.39 is 0 Å². The number of nitrogens with zero attached hydrogens (tertiary/aromatic N) is 4. The zero-order valence-electron chi connectivity index (χ0n) is 21.5. The summed E-state index contributed by atoms with van der Waals surface area (Å²) in [6.07, 6.45) is 9.25. The average molecular weight is 483 g/mol. The normalized spacial score (nSPS) is 19.1. The van der Waals surface area contributed by atoms with Crippen LogP contribution in [0.5, 0.6) is 0 Å². The summed E-state index contributed by atoms with van der Waals surface area (Å²) in [6, 6.07) is 12.5. The Morgan fingerprint density at radius 1 is 1.06 bits per heavy atom. The molecule has 0 radical (unpaired) electrons. The number of nitrogens with two attached hydrogens (primary N) is 1. The molecule has 2 aliphatic rings. The molecule has 0 unspecified atom stereocenters. The molecular formula is C29H34N6O. The molecule has 7 nitrogen and oxygen atoms in total. The van der Waals surface area contributed by atoms with Crippen LogP contribution < -0.4 is 16.1 Å². The van der Waals surface area contributed by atoms with Crippen LogP contribution in [0.2, 0.25) is 0 Å². The van der Waals surface area contributed by atoms with E-state index in [1.807, 2.05) is 18.2 Å². The van der Waals surface area contributed by atoms with Crippen molar-refractivity contribution in [2.45, 2.75) is 76.9 Å². The van der Waals surface area contributed by atoms with Crippen molar-refractivity contribution in [3.8, 4) is 11.1 Å². The van der Waals surface area contributed by atoms with Gasteiger partial charge in [0, 0.05) is 23.4 Å². The Morgan fingerprint density at radius 2 is 1.81 bits per heavy atom. The summed E-state index contributed by atoms with van der Waals surface area (Å²) >= 11 is 0. The molecule has 2 aromatic carbocycles. The molecular weight excluding hydrogens is 448 g/mol. The molecule has 2 fully saturated rings. The molecule has 4 aromatic rings. The highest BCUT2D eigenvalue weighted by atomic mass is 16.1. The van der Waals surface area contributed by atoms with Crippen LogP contribution in [0, 0.1) is 0 Å². The molecule has 1 aliphatic heterocycles. The molecule has 1 aliphatic carbocycles. The van der Waals surface area contributed by atoms with Gasteiger partial charge in [0.05, 0.1) is 16.5 Å². The number of amides is 1. The first-order chi connectivity index (χ1) is 17.2. The predicted molar refractivity (Wildman–Crippen MR) is 146 cm³/mol. The van der Waals surface area contributed by atoms with Crippen LogP contribution in [0.4, 0.5) is 5.82 Å². The number of aromatic nitrogens is 3. The van der Waals surface area contributed by atoms with E-state index >= 15 is 0 Å². The van der Waals surface area contributed by atoms with Crippen molar-refractivity contribution in [3.05, 3.63) is 54.5 Å². The maximum atomic E-state index is 12.8. The Labute approximate surface area is 211 Å². The number of hydrogen-bond acceptors (Lipinski definition) is 5. The van der Waals surface area contributed by atoms with E-state index in [9.17, 15) is 4.79 Å². The fourth-order valence-corrected chi connectivity index (χ4v) is 6.15. The summed E-state index contributed by atoms with van der Waals surface area (Å²) in [6.45, 7) is 9.20. The lowest BCUT2D eigenvalue weighted by Gasteiger charge is -2.54. The van der Waals surface area contributed by atoms with Gasteiger partial charge in [-0.2, -0.15) is 0 Å². The van der Waals surface area contributed by atoms with E-state index in [-0.39, 0.29) is 17.0 Å². The lowest BCUT2D eigenvalue weighted by Crippen LogP contribution is -2.64. The summed E-state index contributed by atoms with van der Waals surface area (Å²) in [5, 5.41) is 8.40. The predicted octanol–water partition coefficient (Wildman–Crippen LogP) is 5.41. The van der Waals surface area contributed by atoms with E-state index in [2.05, 4.69) is 72.1 Å². The number of rotatable bonds is 4. The lowest BCUT2D eigenvalue weighted by molar-refractivity contribution is 0.0952. The highest BCUT2D eigenvalue weighted by Crippen LogP contribution is 2.41. The second kappa shape index (κ2) is 7.95. The minimum atomic E-state index is -0.0438. The summed E-state index contributed by atoms with van der Waals surface area (Å²) in [4.78, 5) is 21.9. The van der Waals surface area contributed by atoms with Gasteiger partial charge in [-0.25, -0.2) is 14.6 Å². The Morgan fingerprint density at radius 3 is 2.53 bits per heavy atom. The summed E-state index contributed by atoms with van der Waals surface area (Å²) in [5.41, 5.74) is 9.93. The number of benzene rings is 2. The third kappa shape index (κ3) is 3.69. The Hall–Kier alpha value is -3.61. The van der Waals surface area contributed by atoms with E-state index in [1.54, 1.807) is 6.33 Å². The summed E-state index contributed by atoms with van der Waals surface area (Å²) < 4.78 is 2.20. The molecule has 1 saturated carbocycles. The Balaban J connectivity index is 1.51. The molecule has 0 bridgehead atoms. The first kappa shape index (κ1) is 22.8. The van der Waals surface area contributed by atoms with E-state index in [0.29, 0.717) is 17.4 Å². The van der Waals surface area contributed by atoms with Gasteiger partial charge in [0.1, 0.15) is 12.1 Å². The minimum Gasteiger partial charge on any atom is -0.383 e. The SMILES string of the molecule is CC1(C)CCCC(C)(C)N1n1cc(-c2ccc3c(C(=O)NC4CC4)cccc3c2)c2c(N)ncnc21. The number of anilines is 1. The first-order valence-corrected chi connectivity index (χ1v) is 12.9. The van der Waals surface area contributed by atoms with Gasteiger partial charge in [0.15, 0.2) is 5.65 Å². The molecule has 0 atom stereocenters. The number of nitrogen functional groups attached to an aromatic ring is 1. The summed E-state index contributed by atoms with van der Waals surface area (Å²) in [7, 11) is 0. The number of carbonyl (C=O) groups excluding carboxylic acids is 1. The van der Waals surface area contributed by atoms with Crippen LogP contribution in [-0.2, 0) is 0 Å². The number of nitrogens with one attached hydrogen (secondary N) is 1. The first-order valence-electron chi connectivity index (χ1n) is 12.9. The standard InChI is InChI=1S/C29H34N6O/c1-28(2)13-6-14-29(3,4)35(28)34-16-23(24-25(30)31-17-32-26(24)34)19-9-12-21-18(15-19)7-5-8-22(21)27(36)33-20-10-11-20/h5,7-9,12,15-17,20H,6,10-11,13-14H2,1-4H3,(H,33,36)(H2,30,31,32). The van der Waals surface area contributed by atoms with Crippen molar-refractivity contribution < 1.29 is 4.79 Å². The van der Waals surface area contributed by atoms with Crippen LogP contribution >= 0.6 is 0 Å². The van der Waals surface area contributed by atoms with E-state index in [1.165, 1.54) is 6.42 Å². The van der Waals surface area contributed by atoms with Crippen molar-refractivity contribution in [1.29, 1.82) is 0 Å². The molecule has 1 saturated heterocycles. The molecule has 1 amide bonds. The van der Waals surface area contributed by atoms with Gasteiger partial charge >= 0.3 is 0 Å². The molecule has 7 heteroatoms. The second-order valence-electron chi connectivity index (χ2n) is 11.6. The topological polar surface area (TPSA) is 89.1 Å².